The quantitative estimate of drug-likeness (QED) is 0.756. The van der Waals surface area contributed by atoms with E-state index in [0.29, 0.717) is 34.1 Å². The Morgan fingerprint density at radius 1 is 0.958 bits per heavy atom. The van der Waals surface area contributed by atoms with Crippen LogP contribution in [0.4, 0.5) is 0 Å². The zero-order chi connectivity index (χ0) is 17.5. The number of hydrogen-bond acceptors (Lipinski definition) is 6. The molecule has 7 nitrogen and oxygen atoms in total. The molecule has 1 aromatic carbocycles. The number of amides is 1. The summed E-state index contributed by atoms with van der Waals surface area (Å²) in [5, 5.41) is 0. The van der Waals surface area contributed by atoms with Crippen molar-refractivity contribution in [2.75, 3.05) is 21.3 Å². The monoisotopic (exact) mass is 329 g/mol. The van der Waals surface area contributed by atoms with Crippen molar-refractivity contribution >= 4 is 11.6 Å². The first-order valence-electron chi connectivity index (χ1n) is 7.07. The van der Waals surface area contributed by atoms with E-state index in [9.17, 15) is 4.79 Å². The summed E-state index contributed by atoms with van der Waals surface area (Å²) < 4.78 is 16.0. The van der Waals surface area contributed by atoms with Gasteiger partial charge in [-0.25, -0.2) is 0 Å². The van der Waals surface area contributed by atoms with Gasteiger partial charge in [-0.1, -0.05) is 6.58 Å². The van der Waals surface area contributed by atoms with Crippen LogP contribution < -0.4 is 25.1 Å². The number of rotatable bonds is 7. The van der Waals surface area contributed by atoms with Gasteiger partial charge in [0.15, 0.2) is 11.5 Å². The molecule has 24 heavy (non-hydrogen) atoms. The molecular weight excluding hydrogens is 310 g/mol. The van der Waals surface area contributed by atoms with Gasteiger partial charge in [-0.3, -0.25) is 20.6 Å². The van der Waals surface area contributed by atoms with Crippen molar-refractivity contribution in [2.45, 2.75) is 0 Å². The first-order valence-corrected chi connectivity index (χ1v) is 7.07. The van der Waals surface area contributed by atoms with Crippen LogP contribution in [0.3, 0.4) is 0 Å². The van der Waals surface area contributed by atoms with Gasteiger partial charge in [0.2, 0.25) is 5.75 Å². The van der Waals surface area contributed by atoms with Gasteiger partial charge in [0, 0.05) is 23.5 Å². The van der Waals surface area contributed by atoms with Crippen LogP contribution in [0.25, 0.3) is 5.70 Å². The maximum Gasteiger partial charge on any atom is 0.269 e. The minimum absolute atomic E-state index is 0.307. The average Bonchev–Trinajstić information content (AvgIpc) is 2.64. The van der Waals surface area contributed by atoms with Crippen LogP contribution in [0.5, 0.6) is 17.2 Å². The molecule has 1 amide bonds. The van der Waals surface area contributed by atoms with E-state index in [1.807, 2.05) is 0 Å². The fraction of sp³-hybridized carbons (Fsp3) is 0.176. The second-order valence-electron chi connectivity index (χ2n) is 4.68. The van der Waals surface area contributed by atoms with Crippen LogP contribution in [0, 0.1) is 0 Å². The lowest BCUT2D eigenvalue weighted by atomic mass is 10.1. The molecule has 1 aromatic heterocycles. The molecule has 0 fully saturated rings. The maximum atomic E-state index is 12.0. The molecule has 2 rings (SSSR count). The molecule has 126 valence electrons. The maximum absolute atomic E-state index is 12.0. The zero-order valence-electron chi connectivity index (χ0n) is 13.8. The Kier molecular flexibility index (Phi) is 5.62. The lowest BCUT2D eigenvalue weighted by Gasteiger charge is -2.18. The summed E-state index contributed by atoms with van der Waals surface area (Å²) in [4.78, 5) is 15.9. The van der Waals surface area contributed by atoms with Gasteiger partial charge in [0.25, 0.3) is 5.91 Å². The highest BCUT2D eigenvalue weighted by molar-refractivity contribution is 5.94. The van der Waals surface area contributed by atoms with Crippen molar-refractivity contribution in [2.24, 2.45) is 0 Å². The molecule has 0 aliphatic carbocycles. The number of pyridine rings is 1. The number of carbonyl (C=O) groups excluding carboxylic acids is 1. The van der Waals surface area contributed by atoms with Gasteiger partial charge in [-0.2, -0.15) is 0 Å². The SMILES string of the molecule is C=C(NNC(=O)c1ccncc1)c1ccc(OC)c(OC)c1OC. The van der Waals surface area contributed by atoms with E-state index in [2.05, 4.69) is 22.4 Å². The smallest absolute Gasteiger partial charge is 0.269 e. The zero-order valence-corrected chi connectivity index (χ0v) is 13.8. The Bertz CT molecular complexity index is 732. The van der Waals surface area contributed by atoms with Crippen molar-refractivity contribution in [3.8, 4) is 17.2 Å². The van der Waals surface area contributed by atoms with E-state index in [4.69, 9.17) is 14.2 Å². The number of nitrogens with zero attached hydrogens (tertiary/aromatic N) is 1. The van der Waals surface area contributed by atoms with Gasteiger partial charge in [-0.15, -0.1) is 0 Å². The van der Waals surface area contributed by atoms with Crippen molar-refractivity contribution in [3.05, 3.63) is 54.4 Å². The molecule has 1 heterocycles. The number of nitrogens with one attached hydrogen (secondary N) is 2. The van der Waals surface area contributed by atoms with Gasteiger partial charge >= 0.3 is 0 Å². The van der Waals surface area contributed by atoms with E-state index in [0.717, 1.165) is 0 Å². The fourth-order valence-electron chi connectivity index (χ4n) is 2.11. The fourth-order valence-corrected chi connectivity index (χ4v) is 2.11. The van der Waals surface area contributed by atoms with Crippen molar-refractivity contribution in [1.82, 2.24) is 15.8 Å². The van der Waals surface area contributed by atoms with E-state index in [-0.39, 0.29) is 5.91 Å². The predicted molar refractivity (Wildman–Crippen MR) is 90.0 cm³/mol. The Morgan fingerprint density at radius 3 is 2.21 bits per heavy atom. The Morgan fingerprint density at radius 2 is 1.62 bits per heavy atom. The molecule has 0 spiro atoms. The number of hydrazine groups is 1. The second-order valence-corrected chi connectivity index (χ2v) is 4.68. The minimum Gasteiger partial charge on any atom is -0.493 e. The summed E-state index contributed by atoms with van der Waals surface area (Å²) in [7, 11) is 4.58. The van der Waals surface area contributed by atoms with Gasteiger partial charge in [0.1, 0.15) is 0 Å². The van der Waals surface area contributed by atoms with E-state index in [1.54, 1.807) is 43.8 Å². The van der Waals surface area contributed by atoms with Crippen LogP contribution in [0.15, 0.2) is 43.2 Å². The highest BCUT2D eigenvalue weighted by atomic mass is 16.5. The molecule has 0 saturated carbocycles. The number of ether oxygens (including phenoxy) is 3. The number of methoxy groups -OCH3 is 3. The third-order valence-electron chi connectivity index (χ3n) is 3.30. The molecule has 2 aromatic rings. The topological polar surface area (TPSA) is 81.7 Å². The first-order chi connectivity index (χ1) is 11.6. The standard InChI is InChI=1S/C17H19N3O4/c1-11(19-20-17(21)12-7-9-18-10-8-12)13-5-6-14(22-2)16(24-4)15(13)23-3/h5-10,19H,1H2,2-4H3,(H,20,21). The predicted octanol–water partition coefficient (Wildman–Crippen LogP) is 2.01. The highest BCUT2D eigenvalue weighted by Gasteiger charge is 2.18. The summed E-state index contributed by atoms with van der Waals surface area (Å²) in [5.74, 6) is 1.12. The molecule has 0 aliphatic rings. The van der Waals surface area contributed by atoms with Gasteiger partial charge in [0.05, 0.1) is 27.0 Å². The van der Waals surface area contributed by atoms with E-state index < -0.39 is 0 Å². The molecule has 0 aliphatic heterocycles. The summed E-state index contributed by atoms with van der Waals surface area (Å²) >= 11 is 0. The number of carbonyl (C=O) groups is 1. The number of benzene rings is 1. The summed E-state index contributed by atoms with van der Waals surface area (Å²) in [6, 6.07) is 6.70. The molecule has 0 atom stereocenters. The van der Waals surface area contributed by atoms with E-state index in [1.165, 1.54) is 14.2 Å². The van der Waals surface area contributed by atoms with Crippen LogP contribution in [-0.4, -0.2) is 32.2 Å². The van der Waals surface area contributed by atoms with Crippen molar-refractivity contribution in [3.63, 3.8) is 0 Å². The molecule has 2 N–H and O–H groups in total. The van der Waals surface area contributed by atoms with Crippen LogP contribution in [0.1, 0.15) is 15.9 Å². The Balaban J connectivity index is 2.16. The molecule has 0 radical (unpaired) electrons. The van der Waals surface area contributed by atoms with Crippen molar-refractivity contribution < 1.29 is 19.0 Å². The van der Waals surface area contributed by atoms with Crippen LogP contribution >= 0.6 is 0 Å². The summed E-state index contributed by atoms with van der Waals surface area (Å²) in [6.07, 6.45) is 3.09. The average molecular weight is 329 g/mol. The number of aromatic nitrogens is 1. The molecule has 7 heteroatoms. The number of hydrogen-bond donors (Lipinski definition) is 2. The highest BCUT2D eigenvalue weighted by Crippen LogP contribution is 2.41. The molecule has 0 bridgehead atoms. The van der Waals surface area contributed by atoms with Gasteiger partial charge < -0.3 is 14.2 Å². The van der Waals surface area contributed by atoms with Crippen LogP contribution in [-0.2, 0) is 0 Å². The third kappa shape index (κ3) is 3.57. The minimum atomic E-state index is -0.307. The summed E-state index contributed by atoms with van der Waals surface area (Å²) in [6.45, 7) is 3.92. The molecule has 0 unspecified atom stereocenters. The Hall–Kier alpha value is -3.22. The second kappa shape index (κ2) is 7.87. The summed E-state index contributed by atoms with van der Waals surface area (Å²) in [5.41, 5.74) is 6.89. The third-order valence-corrected chi connectivity index (χ3v) is 3.30. The van der Waals surface area contributed by atoms with Crippen molar-refractivity contribution in [1.29, 1.82) is 0 Å². The molecular formula is C17H19N3O4. The lowest BCUT2D eigenvalue weighted by molar-refractivity contribution is 0.0942. The Labute approximate surface area is 140 Å². The van der Waals surface area contributed by atoms with E-state index >= 15 is 0 Å². The van der Waals surface area contributed by atoms with Crippen LogP contribution in [0.2, 0.25) is 0 Å². The lowest BCUT2D eigenvalue weighted by Crippen LogP contribution is -2.35. The molecule has 0 saturated heterocycles. The normalized spacial score (nSPS) is 9.79. The van der Waals surface area contributed by atoms with Gasteiger partial charge in [-0.05, 0) is 24.3 Å². The largest absolute Gasteiger partial charge is 0.493 e. The first kappa shape index (κ1) is 17.1.